The number of carbonyl (C=O) groups is 1. The summed E-state index contributed by atoms with van der Waals surface area (Å²) in [5.41, 5.74) is 1.65. The highest BCUT2D eigenvalue weighted by atomic mass is 32.2. The van der Waals surface area contributed by atoms with Crippen molar-refractivity contribution < 1.29 is 13.2 Å². The van der Waals surface area contributed by atoms with Crippen LogP contribution in [-0.2, 0) is 14.8 Å². The lowest BCUT2D eigenvalue weighted by Crippen LogP contribution is -2.47. The Morgan fingerprint density at radius 3 is 2.52 bits per heavy atom. The molecular formula is C22H33N5O3S. The van der Waals surface area contributed by atoms with Gasteiger partial charge in [0, 0.05) is 37.9 Å². The van der Waals surface area contributed by atoms with Gasteiger partial charge in [0.2, 0.25) is 15.9 Å². The molecule has 0 unspecified atom stereocenters. The van der Waals surface area contributed by atoms with E-state index in [1.54, 1.807) is 6.07 Å². The van der Waals surface area contributed by atoms with Gasteiger partial charge in [-0.05, 0) is 62.8 Å². The molecule has 31 heavy (non-hydrogen) atoms. The Morgan fingerprint density at radius 1 is 1.16 bits per heavy atom. The molecule has 1 heterocycles. The van der Waals surface area contributed by atoms with Crippen molar-refractivity contribution in [3.05, 3.63) is 24.3 Å². The molecule has 3 rings (SSSR count). The van der Waals surface area contributed by atoms with Crippen molar-refractivity contribution in [1.82, 2.24) is 10.2 Å². The smallest absolute Gasteiger partial charge is 0.234 e. The van der Waals surface area contributed by atoms with Crippen LogP contribution in [0.25, 0.3) is 0 Å². The summed E-state index contributed by atoms with van der Waals surface area (Å²) >= 11 is 0. The van der Waals surface area contributed by atoms with Crippen LogP contribution >= 0.6 is 0 Å². The summed E-state index contributed by atoms with van der Waals surface area (Å²) in [7, 11) is -3.27. The van der Waals surface area contributed by atoms with Crippen LogP contribution < -0.4 is 14.9 Å². The van der Waals surface area contributed by atoms with E-state index in [0.717, 1.165) is 70.4 Å². The van der Waals surface area contributed by atoms with Crippen LogP contribution in [0.1, 0.15) is 38.5 Å². The first kappa shape index (κ1) is 23.4. The van der Waals surface area contributed by atoms with Crippen LogP contribution in [0.15, 0.2) is 24.3 Å². The molecule has 0 atom stereocenters. The third-order valence-electron chi connectivity index (χ3n) is 6.19. The van der Waals surface area contributed by atoms with E-state index in [9.17, 15) is 13.2 Å². The predicted octanol–water partition coefficient (Wildman–Crippen LogP) is 2.16. The molecule has 9 heteroatoms. The molecule has 1 aliphatic heterocycles. The second kappa shape index (κ2) is 10.8. The number of hydrogen-bond acceptors (Lipinski definition) is 6. The first-order chi connectivity index (χ1) is 14.8. The molecule has 1 amide bonds. The Kier molecular flexibility index (Phi) is 8.15. The van der Waals surface area contributed by atoms with Gasteiger partial charge in [0.1, 0.15) is 6.42 Å². The minimum Gasteiger partial charge on any atom is -0.369 e. The zero-order valence-corrected chi connectivity index (χ0v) is 19.0. The zero-order chi connectivity index (χ0) is 22.3. The normalized spacial score (nSPS) is 22.5. The standard InChI is InChI=1S/C22H33N5O3S/c1-31(29,30)25-20-3-2-4-21(17-20)27-15-13-26(14-16-27)12-10-18-5-7-19(8-6-18)24-22(28)9-11-23/h2-4,17-19,25H,5-10,12-16H2,1H3,(H,24,28)/t18-,19-. The number of piperazine rings is 1. The van der Waals surface area contributed by atoms with E-state index >= 15 is 0 Å². The molecule has 2 aliphatic rings. The third kappa shape index (κ3) is 7.71. The molecule has 2 fully saturated rings. The lowest BCUT2D eigenvalue weighted by atomic mass is 9.84. The molecule has 170 valence electrons. The van der Waals surface area contributed by atoms with Crippen molar-refractivity contribution in [3.63, 3.8) is 0 Å². The fraction of sp³-hybridized carbons (Fsp3) is 0.636. The second-order valence-corrected chi connectivity index (χ2v) is 10.4. The number of carbonyl (C=O) groups excluding carboxylic acids is 1. The Bertz CT molecular complexity index is 883. The number of benzene rings is 1. The molecule has 0 bridgehead atoms. The molecule has 1 aromatic carbocycles. The van der Waals surface area contributed by atoms with Crippen LogP contribution in [0.4, 0.5) is 11.4 Å². The average molecular weight is 448 g/mol. The number of hydrogen-bond donors (Lipinski definition) is 2. The molecule has 8 nitrogen and oxygen atoms in total. The van der Waals surface area contributed by atoms with E-state index < -0.39 is 10.0 Å². The molecule has 1 saturated carbocycles. The minimum atomic E-state index is -3.27. The first-order valence-corrected chi connectivity index (χ1v) is 12.9. The summed E-state index contributed by atoms with van der Waals surface area (Å²) in [5, 5.41) is 11.6. The summed E-state index contributed by atoms with van der Waals surface area (Å²) in [6.45, 7) is 4.96. The van der Waals surface area contributed by atoms with Crippen molar-refractivity contribution in [2.24, 2.45) is 5.92 Å². The Hall–Kier alpha value is -2.31. The fourth-order valence-electron chi connectivity index (χ4n) is 4.52. The molecule has 0 aromatic heterocycles. The average Bonchev–Trinajstić information content (AvgIpc) is 2.73. The van der Waals surface area contributed by atoms with Crippen LogP contribution in [0.5, 0.6) is 0 Å². The minimum absolute atomic E-state index is 0.0512. The lowest BCUT2D eigenvalue weighted by molar-refractivity contribution is -0.121. The molecule has 1 saturated heterocycles. The number of nitrogens with one attached hydrogen (secondary N) is 2. The number of nitrogens with zero attached hydrogens (tertiary/aromatic N) is 3. The second-order valence-electron chi connectivity index (χ2n) is 8.66. The van der Waals surface area contributed by atoms with Crippen molar-refractivity contribution in [2.45, 2.75) is 44.6 Å². The van der Waals surface area contributed by atoms with E-state index in [1.807, 2.05) is 24.3 Å². The fourth-order valence-corrected chi connectivity index (χ4v) is 5.08. The number of anilines is 2. The van der Waals surface area contributed by atoms with Gasteiger partial charge < -0.3 is 10.2 Å². The predicted molar refractivity (Wildman–Crippen MR) is 122 cm³/mol. The summed E-state index contributed by atoms with van der Waals surface area (Å²) in [5.74, 6) is 0.558. The topological polar surface area (TPSA) is 106 Å². The van der Waals surface area contributed by atoms with Crippen LogP contribution in [0.2, 0.25) is 0 Å². The maximum absolute atomic E-state index is 11.6. The highest BCUT2D eigenvalue weighted by molar-refractivity contribution is 7.92. The maximum atomic E-state index is 11.6. The van der Waals surface area contributed by atoms with Gasteiger partial charge >= 0.3 is 0 Å². The maximum Gasteiger partial charge on any atom is 0.234 e. The first-order valence-electron chi connectivity index (χ1n) is 11.0. The van der Waals surface area contributed by atoms with E-state index in [4.69, 9.17) is 5.26 Å². The molecule has 0 spiro atoms. The van der Waals surface area contributed by atoms with E-state index in [0.29, 0.717) is 11.6 Å². The Balaban J connectivity index is 1.37. The number of sulfonamides is 1. The van der Waals surface area contributed by atoms with Crippen LogP contribution in [0, 0.1) is 17.2 Å². The van der Waals surface area contributed by atoms with Gasteiger partial charge in [-0.2, -0.15) is 5.26 Å². The van der Waals surface area contributed by atoms with Crippen molar-refractivity contribution in [3.8, 4) is 6.07 Å². The van der Waals surface area contributed by atoms with Gasteiger partial charge in [-0.1, -0.05) is 6.07 Å². The highest BCUT2D eigenvalue weighted by Gasteiger charge is 2.24. The third-order valence-corrected chi connectivity index (χ3v) is 6.80. The van der Waals surface area contributed by atoms with Gasteiger partial charge in [-0.25, -0.2) is 8.42 Å². The van der Waals surface area contributed by atoms with Gasteiger partial charge in [0.15, 0.2) is 0 Å². The van der Waals surface area contributed by atoms with Gasteiger partial charge in [-0.15, -0.1) is 0 Å². The quantitative estimate of drug-likeness (QED) is 0.633. The number of amides is 1. The summed E-state index contributed by atoms with van der Waals surface area (Å²) in [4.78, 5) is 16.4. The molecule has 0 radical (unpaired) electrons. The SMILES string of the molecule is CS(=O)(=O)Nc1cccc(N2CCN(CC[C@H]3CC[C@H](NC(=O)CC#N)CC3)CC2)c1. The summed E-state index contributed by atoms with van der Waals surface area (Å²) in [6.07, 6.45) is 6.59. The highest BCUT2D eigenvalue weighted by Crippen LogP contribution is 2.28. The number of nitriles is 1. The van der Waals surface area contributed by atoms with E-state index in [2.05, 4.69) is 19.8 Å². The molecular weight excluding hydrogens is 414 g/mol. The summed E-state index contributed by atoms with van der Waals surface area (Å²) < 4.78 is 25.5. The number of rotatable bonds is 8. The Labute approximate surface area is 185 Å². The monoisotopic (exact) mass is 447 g/mol. The van der Waals surface area contributed by atoms with Gasteiger partial charge in [-0.3, -0.25) is 14.4 Å². The van der Waals surface area contributed by atoms with Crippen molar-refractivity contribution >= 4 is 27.3 Å². The van der Waals surface area contributed by atoms with Gasteiger partial charge in [0.25, 0.3) is 0 Å². The van der Waals surface area contributed by atoms with Crippen molar-refractivity contribution in [2.75, 3.05) is 48.6 Å². The zero-order valence-electron chi connectivity index (χ0n) is 18.2. The van der Waals surface area contributed by atoms with E-state index in [1.165, 1.54) is 6.42 Å². The van der Waals surface area contributed by atoms with Crippen LogP contribution in [0.3, 0.4) is 0 Å². The molecule has 1 aromatic rings. The largest absolute Gasteiger partial charge is 0.369 e. The molecule has 2 N–H and O–H groups in total. The lowest BCUT2D eigenvalue weighted by Gasteiger charge is -2.37. The molecule has 1 aliphatic carbocycles. The van der Waals surface area contributed by atoms with Gasteiger partial charge in [0.05, 0.1) is 18.0 Å². The van der Waals surface area contributed by atoms with Crippen LogP contribution in [-0.4, -0.2) is 64.2 Å². The van der Waals surface area contributed by atoms with Crippen molar-refractivity contribution in [1.29, 1.82) is 5.26 Å². The van der Waals surface area contributed by atoms with E-state index in [-0.39, 0.29) is 18.4 Å². The summed E-state index contributed by atoms with van der Waals surface area (Å²) in [6, 6.07) is 9.70. The Morgan fingerprint density at radius 2 is 1.87 bits per heavy atom.